The molecule has 5 heteroatoms. The van der Waals surface area contributed by atoms with Crippen LogP contribution < -0.4 is 0 Å². The number of aromatic nitrogens is 4. The lowest BCUT2D eigenvalue weighted by atomic mass is 9.94. The number of nitrogens with zero attached hydrogens (tertiary/aromatic N) is 4. The van der Waals surface area contributed by atoms with Crippen LogP contribution in [0.5, 0.6) is 0 Å². The molecule has 10 aromatic carbocycles. The molecule has 13 rings (SSSR count). The SMILES string of the molecule is c1ccc(-n2c(-c3ccc(-c4ccc5cccc6c7cccc8ccc(-c9ccc(-c%10nc%11ccccc%11n%10-c%10ccccc%10)cc9)c(oc4c56)c87)cc3)nc3ccccc32)cc1. The fraction of sp³-hybridized carbons (Fsp3) is 0. The van der Waals surface area contributed by atoms with E-state index in [1.54, 1.807) is 0 Å². The van der Waals surface area contributed by atoms with Crippen LogP contribution in [0.4, 0.5) is 0 Å². The Morgan fingerprint density at radius 2 is 0.714 bits per heavy atom. The van der Waals surface area contributed by atoms with Crippen LogP contribution in [0.15, 0.2) is 223 Å². The van der Waals surface area contributed by atoms with Crippen molar-refractivity contribution in [2.45, 2.75) is 0 Å². The van der Waals surface area contributed by atoms with Gasteiger partial charge in [-0.25, -0.2) is 9.97 Å². The molecule has 0 fully saturated rings. The minimum Gasteiger partial charge on any atom is -0.455 e. The van der Waals surface area contributed by atoms with Crippen LogP contribution in [0.3, 0.4) is 0 Å². The van der Waals surface area contributed by atoms with Crippen molar-refractivity contribution < 1.29 is 4.42 Å². The predicted molar refractivity (Wildman–Crippen MR) is 260 cm³/mol. The summed E-state index contributed by atoms with van der Waals surface area (Å²) in [5, 5.41) is 6.81. The molecule has 0 N–H and O–H groups in total. The lowest BCUT2D eigenvalue weighted by Crippen LogP contribution is -1.97. The van der Waals surface area contributed by atoms with Gasteiger partial charge in [-0.2, -0.15) is 0 Å². The number of para-hydroxylation sites is 6. The van der Waals surface area contributed by atoms with Gasteiger partial charge in [0, 0.05) is 44.4 Å². The first-order chi connectivity index (χ1) is 31.2. The van der Waals surface area contributed by atoms with E-state index in [0.717, 1.165) is 122 Å². The summed E-state index contributed by atoms with van der Waals surface area (Å²) in [6.07, 6.45) is 0. The zero-order chi connectivity index (χ0) is 41.4. The number of imidazole rings is 2. The van der Waals surface area contributed by atoms with Gasteiger partial charge in [-0.15, -0.1) is 0 Å². The number of hydrogen-bond donors (Lipinski definition) is 0. The lowest BCUT2D eigenvalue weighted by molar-refractivity contribution is 0.666. The normalized spacial score (nSPS) is 11.8. The molecule has 0 spiro atoms. The molecular weight excluding hydrogens is 769 g/mol. The van der Waals surface area contributed by atoms with Gasteiger partial charge < -0.3 is 4.42 Å². The van der Waals surface area contributed by atoms with Crippen LogP contribution in [-0.2, 0) is 0 Å². The van der Waals surface area contributed by atoms with Crippen molar-refractivity contribution in [3.8, 4) is 56.4 Å². The number of fused-ring (bicyclic) bond motifs is 3. The van der Waals surface area contributed by atoms with Crippen molar-refractivity contribution in [3.63, 3.8) is 0 Å². The Balaban J connectivity index is 0.991. The van der Waals surface area contributed by atoms with Gasteiger partial charge in [-0.3, -0.25) is 9.13 Å². The number of hydrogen-bond acceptors (Lipinski definition) is 3. The Hall–Kier alpha value is -8.54. The molecule has 0 amide bonds. The van der Waals surface area contributed by atoms with Crippen molar-refractivity contribution in [1.82, 2.24) is 19.1 Å². The first-order valence-electron chi connectivity index (χ1n) is 21.3. The van der Waals surface area contributed by atoms with Gasteiger partial charge >= 0.3 is 0 Å². The molecule has 0 bridgehead atoms. The highest BCUT2D eigenvalue weighted by molar-refractivity contribution is 6.26. The molecule has 0 unspecified atom stereocenters. The molecule has 0 atom stereocenters. The maximum absolute atomic E-state index is 7.45. The highest BCUT2D eigenvalue weighted by atomic mass is 16.3. The molecule has 0 aliphatic rings. The predicted octanol–water partition coefficient (Wildman–Crippen LogP) is 15.2. The fourth-order valence-corrected chi connectivity index (χ4v) is 9.62. The van der Waals surface area contributed by atoms with Crippen LogP contribution in [0.2, 0.25) is 0 Å². The van der Waals surface area contributed by atoms with Gasteiger partial charge in [0.1, 0.15) is 22.8 Å². The molecule has 0 aliphatic heterocycles. The van der Waals surface area contributed by atoms with Crippen molar-refractivity contribution in [3.05, 3.63) is 218 Å². The highest BCUT2D eigenvalue weighted by Gasteiger charge is 2.20. The summed E-state index contributed by atoms with van der Waals surface area (Å²) in [4.78, 5) is 10.3. The van der Waals surface area contributed by atoms with E-state index in [-0.39, 0.29) is 0 Å². The third-order valence-corrected chi connectivity index (χ3v) is 12.5. The standard InChI is InChI=1S/C58H36N4O/c1-3-15-43(16-4-1)61-51-23-9-7-21-49(51)59-57(61)41-29-25-37(26-30-41)45-35-33-39-13-11-19-47-48-20-12-14-40-34-36-46(56(54(40)48)63-55(45)53(39)47)38-27-31-42(32-28-38)58-60-50-22-8-10-24-52(50)62(58)44-17-5-2-6-18-44/h1-36H. The zero-order valence-corrected chi connectivity index (χ0v) is 34.0. The number of benzene rings is 10. The Labute approximate surface area is 362 Å². The van der Waals surface area contributed by atoms with Crippen molar-refractivity contribution in [1.29, 1.82) is 0 Å². The molecule has 0 radical (unpaired) electrons. The van der Waals surface area contributed by atoms with Gasteiger partial charge in [0.05, 0.1) is 22.1 Å². The van der Waals surface area contributed by atoms with E-state index >= 15 is 0 Å². The summed E-state index contributed by atoms with van der Waals surface area (Å²) < 4.78 is 11.9. The van der Waals surface area contributed by atoms with E-state index in [9.17, 15) is 0 Å². The second-order valence-corrected chi connectivity index (χ2v) is 16.1. The van der Waals surface area contributed by atoms with Crippen LogP contribution in [0.25, 0.3) is 122 Å². The third kappa shape index (κ3) is 5.57. The molecule has 0 saturated carbocycles. The topological polar surface area (TPSA) is 48.8 Å². The summed E-state index contributed by atoms with van der Waals surface area (Å²) in [5.74, 6) is 1.80. The Kier molecular flexibility index (Phi) is 7.84. The Morgan fingerprint density at radius 3 is 1.16 bits per heavy atom. The molecule has 0 saturated heterocycles. The minimum absolute atomic E-state index is 0.852. The summed E-state index contributed by atoms with van der Waals surface area (Å²) in [5.41, 5.74) is 14.2. The summed E-state index contributed by atoms with van der Waals surface area (Å²) in [6, 6.07) is 77.1. The van der Waals surface area contributed by atoms with Gasteiger partial charge in [0.2, 0.25) is 0 Å². The fourth-order valence-electron chi connectivity index (χ4n) is 9.62. The van der Waals surface area contributed by atoms with E-state index in [2.05, 4.69) is 203 Å². The lowest BCUT2D eigenvalue weighted by Gasteiger charge is -2.12. The van der Waals surface area contributed by atoms with Crippen LogP contribution in [0.1, 0.15) is 0 Å². The highest BCUT2D eigenvalue weighted by Crippen LogP contribution is 2.44. The smallest absolute Gasteiger partial charge is 0.145 e. The van der Waals surface area contributed by atoms with Gasteiger partial charge in [-0.1, -0.05) is 158 Å². The van der Waals surface area contributed by atoms with Crippen LogP contribution in [0, 0.1) is 0 Å². The first kappa shape index (κ1) is 35.2. The maximum Gasteiger partial charge on any atom is 0.145 e. The van der Waals surface area contributed by atoms with E-state index in [1.807, 2.05) is 24.3 Å². The Morgan fingerprint density at radius 1 is 0.317 bits per heavy atom. The van der Waals surface area contributed by atoms with Gasteiger partial charge in [0.15, 0.2) is 0 Å². The summed E-state index contributed by atoms with van der Waals surface area (Å²) in [7, 11) is 0. The maximum atomic E-state index is 7.45. The molecule has 294 valence electrons. The second kappa shape index (κ2) is 14.0. The summed E-state index contributed by atoms with van der Waals surface area (Å²) >= 11 is 0. The molecular formula is C58H36N4O. The van der Waals surface area contributed by atoms with Gasteiger partial charge in [0.25, 0.3) is 0 Å². The molecule has 13 aromatic rings. The molecule has 63 heavy (non-hydrogen) atoms. The average molecular weight is 805 g/mol. The molecule has 0 aliphatic carbocycles. The Bertz CT molecular complexity index is 3620. The minimum atomic E-state index is 0.852. The van der Waals surface area contributed by atoms with Crippen molar-refractivity contribution in [2.75, 3.05) is 0 Å². The second-order valence-electron chi connectivity index (χ2n) is 16.1. The number of rotatable bonds is 6. The van der Waals surface area contributed by atoms with E-state index < -0.39 is 0 Å². The molecule has 3 heterocycles. The zero-order valence-electron chi connectivity index (χ0n) is 34.0. The molecule has 3 aromatic heterocycles. The third-order valence-electron chi connectivity index (χ3n) is 12.5. The van der Waals surface area contributed by atoms with Crippen molar-refractivity contribution in [2.24, 2.45) is 0 Å². The quantitative estimate of drug-likeness (QED) is 0.168. The summed E-state index contributed by atoms with van der Waals surface area (Å²) in [6.45, 7) is 0. The van der Waals surface area contributed by atoms with Crippen LogP contribution >= 0.6 is 0 Å². The monoisotopic (exact) mass is 804 g/mol. The van der Waals surface area contributed by atoms with E-state index in [4.69, 9.17) is 14.4 Å². The largest absolute Gasteiger partial charge is 0.455 e. The van der Waals surface area contributed by atoms with Crippen molar-refractivity contribution >= 4 is 65.6 Å². The van der Waals surface area contributed by atoms with Gasteiger partial charge in [-0.05, 0) is 93.3 Å². The van der Waals surface area contributed by atoms with E-state index in [1.165, 1.54) is 0 Å². The van der Waals surface area contributed by atoms with Crippen LogP contribution in [-0.4, -0.2) is 19.1 Å². The molecule has 5 nitrogen and oxygen atoms in total. The average Bonchev–Trinajstić information content (AvgIpc) is 3.90. The first-order valence-corrected chi connectivity index (χ1v) is 21.3. The van der Waals surface area contributed by atoms with E-state index in [0.29, 0.717) is 0 Å².